The molecule has 1 amide bonds. The van der Waals surface area contributed by atoms with Crippen molar-refractivity contribution in [1.82, 2.24) is 15.2 Å². The first kappa shape index (κ1) is 16.6. The van der Waals surface area contributed by atoms with E-state index in [4.69, 9.17) is 4.42 Å². The van der Waals surface area contributed by atoms with E-state index in [0.29, 0.717) is 12.3 Å². The van der Waals surface area contributed by atoms with Gasteiger partial charge in [-0.1, -0.05) is 0 Å². The summed E-state index contributed by atoms with van der Waals surface area (Å²) in [4.78, 5) is 17.7. The van der Waals surface area contributed by atoms with Crippen molar-refractivity contribution in [3.8, 4) is 11.5 Å². The van der Waals surface area contributed by atoms with Gasteiger partial charge in [0, 0.05) is 44.2 Å². The van der Waals surface area contributed by atoms with Crippen LogP contribution in [-0.4, -0.2) is 34.9 Å². The quantitative estimate of drug-likeness (QED) is 0.933. The fourth-order valence-corrected chi connectivity index (χ4v) is 2.97. The molecule has 0 aliphatic carbocycles. The molecule has 24 heavy (non-hydrogen) atoms. The minimum atomic E-state index is -0.667. The molecule has 2 heterocycles. The molecular formula is C17H19F2N3O2. The number of aromatic nitrogens is 1. The zero-order valence-corrected chi connectivity index (χ0v) is 13.6. The number of nitrogens with one attached hydrogen (secondary N) is 1. The second kappa shape index (κ2) is 6.68. The van der Waals surface area contributed by atoms with Gasteiger partial charge in [0.2, 0.25) is 11.8 Å². The van der Waals surface area contributed by atoms with Gasteiger partial charge in [-0.2, -0.15) is 0 Å². The number of halogens is 2. The van der Waals surface area contributed by atoms with Gasteiger partial charge in [0.15, 0.2) is 0 Å². The molecule has 0 unspecified atom stereocenters. The van der Waals surface area contributed by atoms with E-state index in [1.807, 2.05) is 0 Å². The largest absolute Gasteiger partial charge is 0.441 e. The molecule has 2 aromatic rings. The highest BCUT2D eigenvalue weighted by Crippen LogP contribution is 2.25. The molecule has 1 aliphatic heterocycles. The number of amides is 1. The maximum absolute atomic E-state index is 13.3. The Hall–Kier alpha value is -2.28. The van der Waals surface area contributed by atoms with Crippen LogP contribution >= 0.6 is 0 Å². The average molecular weight is 335 g/mol. The second-order valence-corrected chi connectivity index (χ2v) is 6.10. The zero-order chi connectivity index (χ0) is 17.3. The van der Waals surface area contributed by atoms with Crippen molar-refractivity contribution in [3.63, 3.8) is 0 Å². The van der Waals surface area contributed by atoms with Crippen LogP contribution in [0.15, 0.2) is 22.6 Å². The SMILES string of the molecule is CC(=O)N[C@H]1CCN(Cc2nc(-c3cc(F)cc(F)c3)oc2C)C1. The van der Waals surface area contributed by atoms with E-state index in [1.165, 1.54) is 19.1 Å². The zero-order valence-electron chi connectivity index (χ0n) is 13.6. The average Bonchev–Trinajstić information content (AvgIpc) is 3.05. The Morgan fingerprint density at radius 3 is 2.75 bits per heavy atom. The first-order chi connectivity index (χ1) is 11.4. The predicted molar refractivity (Wildman–Crippen MR) is 84.1 cm³/mol. The maximum Gasteiger partial charge on any atom is 0.226 e. The third-order valence-electron chi connectivity index (χ3n) is 4.06. The lowest BCUT2D eigenvalue weighted by Crippen LogP contribution is -2.35. The van der Waals surface area contributed by atoms with Crippen molar-refractivity contribution >= 4 is 5.91 Å². The number of carbonyl (C=O) groups excluding carboxylic acids is 1. The first-order valence-electron chi connectivity index (χ1n) is 7.83. The topological polar surface area (TPSA) is 58.4 Å². The molecule has 0 saturated carbocycles. The number of nitrogens with zero attached hydrogens (tertiary/aromatic N) is 2. The Kier molecular flexibility index (Phi) is 4.62. The number of benzene rings is 1. The van der Waals surface area contributed by atoms with E-state index in [9.17, 15) is 13.6 Å². The number of rotatable bonds is 4. The van der Waals surface area contributed by atoms with E-state index in [0.717, 1.165) is 31.3 Å². The van der Waals surface area contributed by atoms with Gasteiger partial charge >= 0.3 is 0 Å². The van der Waals surface area contributed by atoms with Crippen LogP contribution in [-0.2, 0) is 11.3 Å². The lowest BCUT2D eigenvalue weighted by Gasteiger charge is -2.15. The summed E-state index contributed by atoms with van der Waals surface area (Å²) in [6.07, 6.45) is 0.887. The molecule has 1 aromatic carbocycles. The summed E-state index contributed by atoms with van der Waals surface area (Å²) in [5, 5.41) is 2.91. The van der Waals surface area contributed by atoms with E-state index >= 15 is 0 Å². The predicted octanol–water partition coefficient (Wildman–Crippen LogP) is 2.64. The first-order valence-corrected chi connectivity index (χ1v) is 7.83. The number of aryl methyl sites for hydroxylation is 1. The van der Waals surface area contributed by atoms with Crippen LogP contribution in [0, 0.1) is 18.6 Å². The van der Waals surface area contributed by atoms with E-state index in [-0.39, 0.29) is 23.4 Å². The number of likely N-dealkylation sites (tertiary alicyclic amines) is 1. The Morgan fingerprint density at radius 1 is 1.38 bits per heavy atom. The van der Waals surface area contributed by atoms with Crippen LogP contribution in [0.2, 0.25) is 0 Å². The van der Waals surface area contributed by atoms with Crippen molar-refractivity contribution < 1.29 is 18.0 Å². The summed E-state index contributed by atoms with van der Waals surface area (Å²) in [6.45, 7) is 5.46. The third kappa shape index (κ3) is 3.79. The lowest BCUT2D eigenvalue weighted by molar-refractivity contribution is -0.119. The van der Waals surface area contributed by atoms with Gasteiger partial charge in [0.1, 0.15) is 17.4 Å². The summed E-state index contributed by atoms with van der Waals surface area (Å²) < 4.78 is 32.3. The molecule has 1 aromatic heterocycles. The van der Waals surface area contributed by atoms with Crippen molar-refractivity contribution in [2.24, 2.45) is 0 Å². The maximum atomic E-state index is 13.3. The Labute approximate surface area is 138 Å². The molecule has 3 rings (SSSR count). The Balaban J connectivity index is 1.72. The van der Waals surface area contributed by atoms with Gasteiger partial charge in [-0.15, -0.1) is 0 Å². The fraction of sp³-hybridized carbons (Fsp3) is 0.412. The van der Waals surface area contributed by atoms with Crippen LogP contribution in [0.5, 0.6) is 0 Å². The standard InChI is InChI=1S/C17H19F2N3O2/c1-10-16(9-22-4-3-15(8-22)20-11(2)23)21-17(24-10)12-5-13(18)7-14(19)6-12/h5-7,15H,3-4,8-9H2,1-2H3,(H,20,23)/t15-/m0/s1. The molecule has 1 atom stereocenters. The van der Waals surface area contributed by atoms with Gasteiger partial charge in [0.25, 0.3) is 0 Å². The Bertz CT molecular complexity index is 740. The van der Waals surface area contributed by atoms with Crippen molar-refractivity contribution in [2.45, 2.75) is 32.9 Å². The summed E-state index contributed by atoms with van der Waals surface area (Å²) in [5.74, 6) is -0.536. The molecule has 0 spiro atoms. The number of hydrogen-bond acceptors (Lipinski definition) is 4. The number of carbonyl (C=O) groups is 1. The van der Waals surface area contributed by atoms with Crippen molar-refractivity contribution in [1.29, 1.82) is 0 Å². The van der Waals surface area contributed by atoms with Crippen molar-refractivity contribution in [2.75, 3.05) is 13.1 Å². The molecule has 5 nitrogen and oxygen atoms in total. The molecule has 1 saturated heterocycles. The molecule has 128 valence electrons. The van der Waals surface area contributed by atoms with Gasteiger partial charge < -0.3 is 9.73 Å². The molecule has 1 N–H and O–H groups in total. The van der Waals surface area contributed by atoms with Crippen LogP contribution in [0.1, 0.15) is 24.8 Å². The summed E-state index contributed by atoms with van der Waals surface area (Å²) in [5.41, 5.74) is 1.01. The van der Waals surface area contributed by atoms with E-state index in [2.05, 4.69) is 15.2 Å². The molecule has 7 heteroatoms. The van der Waals surface area contributed by atoms with Crippen LogP contribution in [0.3, 0.4) is 0 Å². The number of oxazole rings is 1. The summed E-state index contributed by atoms with van der Waals surface area (Å²) >= 11 is 0. The molecular weight excluding hydrogens is 316 g/mol. The summed E-state index contributed by atoms with van der Waals surface area (Å²) in [6, 6.07) is 3.35. The molecule has 0 radical (unpaired) electrons. The van der Waals surface area contributed by atoms with Gasteiger partial charge in [-0.05, 0) is 25.5 Å². The number of hydrogen-bond donors (Lipinski definition) is 1. The van der Waals surface area contributed by atoms with Gasteiger partial charge in [-0.3, -0.25) is 9.69 Å². The van der Waals surface area contributed by atoms with Crippen LogP contribution in [0.25, 0.3) is 11.5 Å². The van der Waals surface area contributed by atoms with Gasteiger partial charge in [0.05, 0.1) is 5.69 Å². The third-order valence-corrected chi connectivity index (χ3v) is 4.06. The molecule has 1 fully saturated rings. The van der Waals surface area contributed by atoms with Crippen LogP contribution in [0.4, 0.5) is 8.78 Å². The minimum absolute atomic E-state index is 0.0325. The van der Waals surface area contributed by atoms with Crippen molar-refractivity contribution in [3.05, 3.63) is 41.3 Å². The van der Waals surface area contributed by atoms with Gasteiger partial charge in [-0.25, -0.2) is 13.8 Å². The highest BCUT2D eigenvalue weighted by atomic mass is 19.1. The second-order valence-electron chi connectivity index (χ2n) is 6.10. The lowest BCUT2D eigenvalue weighted by atomic mass is 10.2. The highest BCUT2D eigenvalue weighted by molar-refractivity contribution is 5.73. The minimum Gasteiger partial charge on any atom is -0.441 e. The fourth-order valence-electron chi connectivity index (χ4n) is 2.97. The van der Waals surface area contributed by atoms with E-state index < -0.39 is 11.6 Å². The smallest absolute Gasteiger partial charge is 0.226 e. The molecule has 1 aliphatic rings. The normalized spacial score (nSPS) is 18.1. The summed E-state index contributed by atoms with van der Waals surface area (Å²) in [7, 11) is 0. The van der Waals surface area contributed by atoms with E-state index in [1.54, 1.807) is 6.92 Å². The molecule has 0 bridgehead atoms. The van der Waals surface area contributed by atoms with Crippen LogP contribution < -0.4 is 5.32 Å². The monoisotopic (exact) mass is 335 g/mol. The highest BCUT2D eigenvalue weighted by Gasteiger charge is 2.25. The Morgan fingerprint density at radius 2 is 2.08 bits per heavy atom.